The summed E-state index contributed by atoms with van der Waals surface area (Å²) < 4.78 is 4.53. The van der Waals surface area contributed by atoms with Crippen LogP contribution in [0.15, 0.2) is 0 Å². The van der Waals surface area contributed by atoms with Crippen molar-refractivity contribution in [3.8, 4) is 0 Å². The molecule has 2 N–H and O–H groups in total. The van der Waals surface area contributed by atoms with Crippen LogP contribution in [-0.2, 0) is 14.3 Å². The maximum atomic E-state index is 11.0. The van der Waals surface area contributed by atoms with Crippen molar-refractivity contribution in [1.29, 1.82) is 0 Å². The summed E-state index contributed by atoms with van der Waals surface area (Å²) in [5.74, 6) is -0.811. The Morgan fingerprint density at radius 1 is 1.36 bits per heavy atom. The van der Waals surface area contributed by atoms with E-state index in [-0.39, 0.29) is 18.6 Å². The summed E-state index contributed by atoms with van der Waals surface area (Å²) in [5, 5.41) is 0. The molecule has 0 fully saturated rings. The Balaban J connectivity index is 4.44. The molecule has 0 bridgehead atoms. The minimum atomic E-state index is -0.464. The Morgan fingerprint density at radius 3 is 2.14 bits per heavy atom. The lowest BCUT2D eigenvalue weighted by Crippen LogP contribution is -2.48. The van der Waals surface area contributed by atoms with E-state index in [0.29, 0.717) is 0 Å². The van der Waals surface area contributed by atoms with E-state index in [1.54, 1.807) is 11.8 Å². The molecule has 5 nitrogen and oxygen atoms in total. The summed E-state index contributed by atoms with van der Waals surface area (Å²) in [4.78, 5) is 23.7. The fourth-order valence-electron chi connectivity index (χ4n) is 1.14. The number of amides is 1. The molecule has 0 rings (SSSR count). The first-order chi connectivity index (χ1) is 6.40. The molecule has 82 valence electrons. The second-order valence-corrected chi connectivity index (χ2v) is 3.42. The molecule has 0 aromatic rings. The minimum Gasteiger partial charge on any atom is -0.468 e. The van der Waals surface area contributed by atoms with Crippen molar-refractivity contribution in [3.05, 3.63) is 0 Å². The maximum Gasteiger partial charge on any atom is 0.319 e. The number of ether oxygens (including phenoxy) is 1. The van der Waals surface area contributed by atoms with Gasteiger partial charge in [-0.05, 0) is 20.8 Å². The molecule has 0 aromatic carbocycles. The van der Waals surface area contributed by atoms with Crippen molar-refractivity contribution in [2.45, 2.75) is 32.9 Å². The van der Waals surface area contributed by atoms with Gasteiger partial charge < -0.3 is 10.5 Å². The number of nitrogens with zero attached hydrogens (tertiary/aromatic N) is 1. The molecule has 5 heteroatoms. The molecular formula is C9H18N2O3. The average molecular weight is 202 g/mol. The van der Waals surface area contributed by atoms with Crippen LogP contribution in [-0.4, -0.2) is 42.5 Å². The zero-order valence-corrected chi connectivity index (χ0v) is 9.11. The van der Waals surface area contributed by atoms with Gasteiger partial charge in [0.05, 0.1) is 19.7 Å². The van der Waals surface area contributed by atoms with E-state index in [2.05, 4.69) is 4.74 Å². The van der Waals surface area contributed by atoms with Crippen molar-refractivity contribution in [2.24, 2.45) is 5.73 Å². The molecule has 1 atom stereocenters. The number of carbonyl (C=O) groups is 2. The van der Waals surface area contributed by atoms with Gasteiger partial charge in [0.1, 0.15) is 0 Å². The third kappa shape index (κ3) is 3.74. The highest BCUT2D eigenvalue weighted by atomic mass is 16.5. The summed E-state index contributed by atoms with van der Waals surface area (Å²) in [6.07, 6.45) is 0. The van der Waals surface area contributed by atoms with E-state index in [1.807, 2.05) is 13.8 Å². The fraction of sp³-hybridized carbons (Fsp3) is 0.778. The third-order valence-corrected chi connectivity index (χ3v) is 2.11. The largest absolute Gasteiger partial charge is 0.468 e. The van der Waals surface area contributed by atoms with Crippen LogP contribution < -0.4 is 5.73 Å². The number of hydrogen-bond donors (Lipinski definition) is 1. The molecular weight excluding hydrogens is 184 g/mol. The van der Waals surface area contributed by atoms with Crippen LogP contribution in [0.4, 0.5) is 0 Å². The topological polar surface area (TPSA) is 72.6 Å². The molecule has 0 spiro atoms. The zero-order chi connectivity index (χ0) is 11.3. The summed E-state index contributed by atoms with van der Waals surface area (Å²) in [5.41, 5.74) is 5.16. The first kappa shape index (κ1) is 12.9. The number of rotatable bonds is 5. The smallest absolute Gasteiger partial charge is 0.319 e. The average Bonchev–Trinajstić information content (AvgIpc) is 2.11. The number of hydrogen-bond acceptors (Lipinski definition) is 4. The highest BCUT2D eigenvalue weighted by Crippen LogP contribution is 2.04. The van der Waals surface area contributed by atoms with Crippen LogP contribution in [0.2, 0.25) is 0 Å². The lowest BCUT2D eigenvalue weighted by Gasteiger charge is -2.29. The quantitative estimate of drug-likeness (QED) is 0.624. The van der Waals surface area contributed by atoms with E-state index in [9.17, 15) is 9.59 Å². The standard InChI is InChI=1S/C9H18N2O3/c1-6(2)11(5-8(12)14-4)7(3)9(10)13/h6-7H,5H2,1-4H3,(H2,10,13). The van der Waals surface area contributed by atoms with Crippen molar-refractivity contribution in [3.63, 3.8) is 0 Å². The van der Waals surface area contributed by atoms with E-state index in [1.165, 1.54) is 7.11 Å². The zero-order valence-electron chi connectivity index (χ0n) is 9.11. The van der Waals surface area contributed by atoms with Gasteiger partial charge in [0, 0.05) is 6.04 Å². The summed E-state index contributed by atoms with van der Waals surface area (Å²) in [6.45, 7) is 5.54. The van der Waals surface area contributed by atoms with Gasteiger partial charge in [0.2, 0.25) is 5.91 Å². The van der Waals surface area contributed by atoms with Crippen LogP contribution >= 0.6 is 0 Å². The van der Waals surface area contributed by atoms with Gasteiger partial charge >= 0.3 is 5.97 Å². The second kappa shape index (κ2) is 5.59. The number of esters is 1. The Hall–Kier alpha value is -1.10. The van der Waals surface area contributed by atoms with Gasteiger partial charge in [-0.3, -0.25) is 14.5 Å². The van der Waals surface area contributed by atoms with Crippen LogP contribution in [0.1, 0.15) is 20.8 Å². The monoisotopic (exact) mass is 202 g/mol. The summed E-state index contributed by atoms with van der Waals surface area (Å²) in [7, 11) is 1.32. The van der Waals surface area contributed by atoms with E-state index < -0.39 is 11.9 Å². The van der Waals surface area contributed by atoms with Crippen molar-refractivity contribution in [2.75, 3.05) is 13.7 Å². The van der Waals surface area contributed by atoms with Crippen molar-refractivity contribution in [1.82, 2.24) is 4.90 Å². The highest BCUT2D eigenvalue weighted by molar-refractivity contribution is 5.80. The number of primary amides is 1. The molecule has 14 heavy (non-hydrogen) atoms. The van der Waals surface area contributed by atoms with Gasteiger partial charge in [-0.2, -0.15) is 0 Å². The number of methoxy groups -OCH3 is 1. The molecule has 0 saturated heterocycles. The predicted octanol–water partition coefficient (Wildman–Crippen LogP) is -0.256. The lowest BCUT2D eigenvalue weighted by atomic mass is 10.2. The maximum absolute atomic E-state index is 11.0. The van der Waals surface area contributed by atoms with E-state index >= 15 is 0 Å². The molecule has 0 heterocycles. The highest BCUT2D eigenvalue weighted by Gasteiger charge is 2.23. The Bertz CT molecular complexity index is 216. The fourth-order valence-corrected chi connectivity index (χ4v) is 1.14. The van der Waals surface area contributed by atoms with E-state index in [0.717, 1.165) is 0 Å². The van der Waals surface area contributed by atoms with Crippen LogP contribution in [0.3, 0.4) is 0 Å². The first-order valence-corrected chi connectivity index (χ1v) is 4.52. The van der Waals surface area contributed by atoms with Gasteiger partial charge in [-0.15, -0.1) is 0 Å². The van der Waals surface area contributed by atoms with E-state index in [4.69, 9.17) is 5.73 Å². The Labute approximate surface area is 84.2 Å². The molecule has 0 saturated carbocycles. The Morgan fingerprint density at radius 2 is 1.86 bits per heavy atom. The second-order valence-electron chi connectivity index (χ2n) is 3.42. The summed E-state index contributed by atoms with van der Waals surface area (Å²) in [6, 6.07) is -0.398. The SMILES string of the molecule is COC(=O)CN(C(C)C)C(C)C(N)=O. The molecule has 0 aliphatic carbocycles. The minimum absolute atomic E-state index is 0.0663. The lowest BCUT2D eigenvalue weighted by molar-refractivity contribution is -0.143. The Kier molecular flexibility index (Phi) is 5.15. The van der Waals surface area contributed by atoms with Crippen LogP contribution in [0.25, 0.3) is 0 Å². The molecule has 0 radical (unpaired) electrons. The molecule has 0 aromatic heterocycles. The normalized spacial score (nSPS) is 13.0. The first-order valence-electron chi connectivity index (χ1n) is 4.52. The third-order valence-electron chi connectivity index (χ3n) is 2.11. The predicted molar refractivity (Wildman–Crippen MR) is 52.5 cm³/mol. The molecule has 1 unspecified atom stereocenters. The van der Waals surface area contributed by atoms with Crippen molar-refractivity contribution >= 4 is 11.9 Å². The molecule has 1 amide bonds. The number of nitrogens with two attached hydrogens (primary N) is 1. The van der Waals surface area contributed by atoms with Gasteiger partial charge in [0.15, 0.2) is 0 Å². The van der Waals surface area contributed by atoms with Crippen LogP contribution in [0.5, 0.6) is 0 Å². The van der Waals surface area contributed by atoms with Crippen molar-refractivity contribution < 1.29 is 14.3 Å². The molecule has 0 aliphatic heterocycles. The van der Waals surface area contributed by atoms with Gasteiger partial charge in [-0.25, -0.2) is 0 Å². The van der Waals surface area contributed by atoms with Gasteiger partial charge in [-0.1, -0.05) is 0 Å². The van der Waals surface area contributed by atoms with Gasteiger partial charge in [0.25, 0.3) is 0 Å². The molecule has 0 aliphatic rings. The number of carbonyl (C=O) groups excluding carboxylic acids is 2. The van der Waals surface area contributed by atoms with Crippen LogP contribution in [0, 0.1) is 0 Å². The summed E-state index contributed by atoms with van der Waals surface area (Å²) >= 11 is 0.